The number of nitrogens with one attached hydrogen (secondary N) is 2. The van der Waals surface area contributed by atoms with Gasteiger partial charge in [0.1, 0.15) is 0 Å². The Labute approximate surface area is 128 Å². The average molecular weight is 308 g/mol. The number of aliphatic hydroxyl groups is 1. The van der Waals surface area contributed by atoms with E-state index in [-0.39, 0.29) is 31.8 Å². The van der Waals surface area contributed by atoms with E-state index in [2.05, 4.69) is 10.6 Å². The second-order valence-corrected chi connectivity index (χ2v) is 5.12. The van der Waals surface area contributed by atoms with Crippen LogP contribution in [0.5, 0.6) is 0 Å². The molecule has 1 atom stereocenters. The molecule has 2 amide bonds. The SMILES string of the molecule is CC(O)(CNC(=O)CCNC(=O)Cc1ccccc1)C(=O)O. The highest BCUT2D eigenvalue weighted by atomic mass is 16.4. The van der Waals surface area contributed by atoms with Crippen molar-refractivity contribution in [2.75, 3.05) is 13.1 Å². The summed E-state index contributed by atoms with van der Waals surface area (Å²) >= 11 is 0. The lowest BCUT2D eigenvalue weighted by Crippen LogP contribution is -2.47. The first-order valence-electron chi connectivity index (χ1n) is 6.84. The van der Waals surface area contributed by atoms with Crippen molar-refractivity contribution in [1.29, 1.82) is 0 Å². The lowest BCUT2D eigenvalue weighted by molar-refractivity contribution is -0.156. The van der Waals surface area contributed by atoms with Gasteiger partial charge in [0.05, 0.1) is 13.0 Å². The first-order valence-corrected chi connectivity index (χ1v) is 6.84. The van der Waals surface area contributed by atoms with Crippen LogP contribution >= 0.6 is 0 Å². The maximum absolute atomic E-state index is 11.6. The number of carboxylic acids is 1. The molecule has 1 rings (SSSR count). The van der Waals surface area contributed by atoms with Crippen molar-refractivity contribution in [3.8, 4) is 0 Å². The molecule has 0 aliphatic rings. The summed E-state index contributed by atoms with van der Waals surface area (Å²) < 4.78 is 0. The largest absolute Gasteiger partial charge is 0.479 e. The number of rotatable bonds is 8. The Balaban J connectivity index is 2.22. The van der Waals surface area contributed by atoms with Crippen LogP contribution in [0.3, 0.4) is 0 Å². The Morgan fingerprint density at radius 3 is 2.32 bits per heavy atom. The lowest BCUT2D eigenvalue weighted by Gasteiger charge is -2.18. The molecule has 7 nitrogen and oxygen atoms in total. The monoisotopic (exact) mass is 308 g/mol. The zero-order valence-corrected chi connectivity index (χ0v) is 12.3. The summed E-state index contributed by atoms with van der Waals surface area (Å²) in [5.41, 5.74) is -1.13. The van der Waals surface area contributed by atoms with E-state index in [1.54, 1.807) is 0 Å². The van der Waals surface area contributed by atoms with Crippen molar-refractivity contribution in [1.82, 2.24) is 10.6 Å². The van der Waals surface area contributed by atoms with Crippen molar-refractivity contribution >= 4 is 17.8 Å². The third kappa shape index (κ3) is 6.36. The molecular weight excluding hydrogens is 288 g/mol. The number of hydrogen-bond acceptors (Lipinski definition) is 4. The van der Waals surface area contributed by atoms with Crippen molar-refractivity contribution in [3.05, 3.63) is 35.9 Å². The van der Waals surface area contributed by atoms with Crippen LogP contribution in [-0.2, 0) is 20.8 Å². The molecule has 120 valence electrons. The summed E-state index contributed by atoms with van der Waals surface area (Å²) in [5.74, 6) is -2.05. The van der Waals surface area contributed by atoms with Crippen molar-refractivity contribution in [3.63, 3.8) is 0 Å². The molecule has 0 saturated carbocycles. The van der Waals surface area contributed by atoms with E-state index >= 15 is 0 Å². The number of benzene rings is 1. The highest BCUT2D eigenvalue weighted by Crippen LogP contribution is 2.01. The van der Waals surface area contributed by atoms with Gasteiger partial charge in [-0.2, -0.15) is 0 Å². The van der Waals surface area contributed by atoms with Gasteiger partial charge < -0.3 is 20.8 Å². The lowest BCUT2D eigenvalue weighted by atomic mass is 10.1. The second kappa shape index (κ2) is 8.14. The Morgan fingerprint density at radius 2 is 1.73 bits per heavy atom. The Bertz CT molecular complexity index is 528. The fourth-order valence-corrected chi connectivity index (χ4v) is 1.59. The topological polar surface area (TPSA) is 116 Å². The van der Waals surface area contributed by atoms with Crippen molar-refractivity contribution < 1.29 is 24.6 Å². The smallest absolute Gasteiger partial charge is 0.337 e. The summed E-state index contributed by atoms with van der Waals surface area (Å²) in [7, 11) is 0. The van der Waals surface area contributed by atoms with Gasteiger partial charge in [-0.3, -0.25) is 9.59 Å². The highest BCUT2D eigenvalue weighted by molar-refractivity contribution is 5.81. The van der Waals surface area contributed by atoms with Gasteiger partial charge in [0, 0.05) is 13.0 Å². The molecule has 0 aromatic heterocycles. The van der Waals surface area contributed by atoms with Crippen LogP contribution in [0, 0.1) is 0 Å². The summed E-state index contributed by atoms with van der Waals surface area (Å²) in [5, 5.41) is 23.0. The summed E-state index contributed by atoms with van der Waals surface area (Å²) in [4.78, 5) is 33.8. The van der Waals surface area contributed by atoms with Crippen molar-refractivity contribution in [2.45, 2.75) is 25.4 Å². The highest BCUT2D eigenvalue weighted by Gasteiger charge is 2.30. The standard InChI is InChI=1S/C15H20N2O5/c1-15(22,14(20)21)10-17-12(18)7-8-16-13(19)9-11-5-3-2-4-6-11/h2-6,22H,7-10H2,1H3,(H,16,19)(H,17,18)(H,20,21). The number of carboxylic acid groups (broad SMARTS) is 1. The van der Waals surface area contributed by atoms with E-state index in [9.17, 15) is 19.5 Å². The van der Waals surface area contributed by atoms with E-state index in [0.717, 1.165) is 12.5 Å². The van der Waals surface area contributed by atoms with Gasteiger partial charge in [0.15, 0.2) is 5.60 Å². The van der Waals surface area contributed by atoms with E-state index in [1.807, 2.05) is 30.3 Å². The predicted molar refractivity (Wildman–Crippen MR) is 79.0 cm³/mol. The quantitative estimate of drug-likeness (QED) is 0.525. The van der Waals surface area contributed by atoms with Gasteiger partial charge in [-0.05, 0) is 12.5 Å². The molecule has 1 aromatic rings. The fourth-order valence-electron chi connectivity index (χ4n) is 1.59. The second-order valence-electron chi connectivity index (χ2n) is 5.12. The van der Waals surface area contributed by atoms with Crippen LogP contribution in [0.25, 0.3) is 0 Å². The summed E-state index contributed by atoms with van der Waals surface area (Å²) in [6.45, 7) is 0.850. The molecule has 0 bridgehead atoms. The molecule has 0 aliphatic carbocycles. The van der Waals surface area contributed by atoms with Crippen molar-refractivity contribution in [2.24, 2.45) is 0 Å². The first kappa shape index (κ1) is 17.6. The molecule has 0 heterocycles. The summed E-state index contributed by atoms with van der Waals surface area (Å²) in [6, 6.07) is 9.20. The van der Waals surface area contributed by atoms with E-state index in [1.165, 1.54) is 0 Å². The normalized spacial score (nSPS) is 13.0. The number of aliphatic carboxylic acids is 1. The van der Waals surface area contributed by atoms with Crippen LogP contribution < -0.4 is 10.6 Å². The maximum atomic E-state index is 11.6. The Hall–Kier alpha value is -2.41. The molecule has 0 aliphatic heterocycles. The van der Waals surface area contributed by atoms with Crippen LogP contribution in [-0.4, -0.2) is 46.7 Å². The molecule has 22 heavy (non-hydrogen) atoms. The van der Waals surface area contributed by atoms with E-state index in [0.29, 0.717) is 0 Å². The Morgan fingerprint density at radius 1 is 1.09 bits per heavy atom. The van der Waals surface area contributed by atoms with E-state index < -0.39 is 17.5 Å². The number of carbonyl (C=O) groups is 3. The fraction of sp³-hybridized carbons (Fsp3) is 0.400. The average Bonchev–Trinajstić information content (AvgIpc) is 2.46. The maximum Gasteiger partial charge on any atom is 0.337 e. The number of amides is 2. The van der Waals surface area contributed by atoms with Crippen LogP contribution in [0.15, 0.2) is 30.3 Å². The van der Waals surface area contributed by atoms with Gasteiger partial charge in [0.2, 0.25) is 11.8 Å². The minimum Gasteiger partial charge on any atom is -0.479 e. The van der Waals surface area contributed by atoms with E-state index in [4.69, 9.17) is 5.11 Å². The summed E-state index contributed by atoms with van der Waals surface area (Å²) in [6.07, 6.45) is 0.242. The van der Waals surface area contributed by atoms with Gasteiger partial charge in [-0.15, -0.1) is 0 Å². The molecule has 4 N–H and O–H groups in total. The zero-order valence-electron chi connectivity index (χ0n) is 12.3. The molecule has 7 heteroatoms. The molecule has 1 unspecified atom stereocenters. The third-order valence-electron chi connectivity index (χ3n) is 2.97. The molecule has 0 spiro atoms. The minimum atomic E-state index is -2.01. The Kier molecular flexibility index (Phi) is 6.52. The van der Waals surface area contributed by atoms with Gasteiger partial charge in [0.25, 0.3) is 0 Å². The molecular formula is C15H20N2O5. The molecule has 0 fully saturated rings. The first-order chi connectivity index (χ1) is 10.3. The van der Waals surface area contributed by atoms with Crippen LogP contribution in [0.1, 0.15) is 18.9 Å². The minimum absolute atomic E-state index is 0.0101. The number of carbonyl (C=O) groups excluding carboxylic acids is 2. The molecule has 1 aromatic carbocycles. The van der Waals surface area contributed by atoms with Crippen LogP contribution in [0.2, 0.25) is 0 Å². The predicted octanol–water partition coefficient (Wildman–Crippen LogP) is -0.313. The number of hydrogen-bond donors (Lipinski definition) is 4. The third-order valence-corrected chi connectivity index (χ3v) is 2.97. The van der Waals surface area contributed by atoms with Gasteiger partial charge >= 0.3 is 5.97 Å². The molecule has 0 radical (unpaired) electrons. The zero-order chi connectivity index (χ0) is 16.6. The molecule has 0 saturated heterocycles. The van der Waals surface area contributed by atoms with Crippen LogP contribution in [0.4, 0.5) is 0 Å². The van der Waals surface area contributed by atoms with Gasteiger partial charge in [-0.25, -0.2) is 4.79 Å². The van der Waals surface area contributed by atoms with Gasteiger partial charge in [-0.1, -0.05) is 30.3 Å².